The van der Waals surface area contributed by atoms with E-state index in [1.807, 2.05) is 23.3 Å². The van der Waals surface area contributed by atoms with Gasteiger partial charge in [-0.3, -0.25) is 4.79 Å². The zero-order valence-corrected chi connectivity index (χ0v) is 13.3. The van der Waals surface area contributed by atoms with E-state index in [4.69, 9.17) is 4.52 Å². The average molecular weight is 305 g/mol. The zero-order valence-electron chi connectivity index (χ0n) is 12.5. The molecule has 0 aliphatic carbocycles. The normalized spacial score (nSPS) is 18.7. The fourth-order valence-corrected chi connectivity index (χ4v) is 3.25. The Labute approximate surface area is 128 Å². The van der Waals surface area contributed by atoms with Crippen LogP contribution in [0.25, 0.3) is 0 Å². The average Bonchev–Trinajstić information content (AvgIpc) is 3.17. The van der Waals surface area contributed by atoms with E-state index >= 15 is 0 Å². The molecule has 6 heteroatoms. The number of hydrogen-bond acceptors (Lipinski definition) is 5. The van der Waals surface area contributed by atoms with Crippen molar-refractivity contribution in [2.45, 2.75) is 45.6 Å². The molecule has 0 radical (unpaired) electrons. The van der Waals surface area contributed by atoms with Crippen molar-refractivity contribution in [3.05, 3.63) is 33.6 Å². The second-order valence-electron chi connectivity index (χ2n) is 5.72. The van der Waals surface area contributed by atoms with Gasteiger partial charge in [-0.15, -0.1) is 11.3 Å². The minimum Gasteiger partial charge on any atom is -0.361 e. The van der Waals surface area contributed by atoms with E-state index in [2.05, 4.69) is 24.0 Å². The second-order valence-corrected chi connectivity index (χ2v) is 6.78. The molecular weight excluding hydrogens is 286 g/mol. The Morgan fingerprint density at radius 3 is 2.95 bits per heavy atom. The van der Waals surface area contributed by atoms with Crippen LogP contribution in [0.1, 0.15) is 65.6 Å². The molecule has 1 saturated heterocycles. The van der Waals surface area contributed by atoms with Gasteiger partial charge in [0.15, 0.2) is 0 Å². The molecule has 0 N–H and O–H groups in total. The Kier molecular flexibility index (Phi) is 3.80. The van der Waals surface area contributed by atoms with Crippen LogP contribution in [-0.2, 0) is 0 Å². The SMILES string of the molecule is Cc1nc(C(=O)N2CCCC2c2cc(C(C)C)on2)cs1. The third-order valence-corrected chi connectivity index (χ3v) is 4.58. The number of carbonyl (C=O) groups excluding carboxylic acids is 1. The summed E-state index contributed by atoms with van der Waals surface area (Å²) in [6, 6.07) is 1.99. The largest absolute Gasteiger partial charge is 0.361 e. The van der Waals surface area contributed by atoms with E-state index in [0.29, 0.717) is 11.6 Å². The first-order valence-corrected chi connectivity index (χ1v) is 8.14. The Hall–Kier alpha value is -1.69. The first-order chi connectivity index (χ1) is 10.1. The van der Waals surface area contributed by atoms with Crippen molar-refractivity contribution < 1.29 is 9.32 Å². The minimum absolute atomic E-state index is 0.00375. The van der Waals surface area contributed by atoms with Crippen molar-refractivity contribution in [3.63, 3.8) is 0 Å². The number of carbonyl (C=O) groups is 1. The molecule has 3 heterocycles. The lowest BCUT2D eigenvalue weighted by atomic mass is 10.1. The van der Waals surface area contributed by atoms with Crippen molar-refractivity contribution in [2.75, 3.05) is 6.54 Å². The highest BCUT2D eigenvalue weighted by Crippen LogP contribution is 2.33. The van der Waals surface area contributed by atoms with Crippen molar-refractivity contribution in [3.8, 4) is 0 Å². The van der Waals surface area contributed by atoms with E-state index < -0.39 is 0 Å². The van der Waals surface area contributed by atoms with Gasteiger partial charge in [-0.1, -0.05) is 19.0 Å². The van der Waals surface area contributed by atoms with Crippen LogP contribution < -0.4 is 0 Å². The number of rotatable bonds is 3. The van der Waals surface area contributed by atoms with Gasteiger partial charge < -0.3 is 9.42 Å². The van der Waals surface area contributed by atoms with Crippen LogP contribution in [0.4, 0.5) is 0 Å². The maximum Gasteiger partial charge on any atom is 0.273 e. The predicted octanol–water partition coefficient (Wildman–Crippen LogP) is 3.54. The molecule has 112 valence electrons. The molecule has 21 heavy (non-hydrogen) atoms. The number of hydrogen-bond donors (Lipinski definition) is 0. The fourth-order valence-electron chi connectivity index (χ4n) is 2.66. The summed E-state index contributed by atoms with van der Waals surface area (Å²) in [7, 11) is 0. The van der Waals surface area contributed by atoms with Crippen LogP contribution in [0.3, 0.4) is 0 Å². The van der Waals surface area contributed by atoms with E-state index in [-0.39, 0.29) is 11.9 Å². The summed E-state index contributed by atoms with van der Waals surface area (Å²) in [6.07, 6.45) is 1.92. The van der Waals surface area contributed by atoms with Crippen molar-refractivity contribution in [2.24, 2.45) is 0 Å². The summed E-state index contributed by atoms with van der Waals surface area (Å²) in [5.74, 6) is 1.17. The first-order valence-electron chi connectivity index (χ1n) is 7.26. The number of aromatic nitrogens is 2. The van der Waals surface area contributed by atoms with Crippen molar-refractivity contribution in [1.29, 1.82) is 0 Å². The van der Waals surface area contributed by atoms with Crippen LogP contribution in [0.2, 0.25) is 0 Å². The molecule has 0 saturated carbocycles. The van der Waals surface area contributed by atoms with Gasteiger partial charge in [-0.2, -0.15) is 0 Å². The van der Waals surface area contributed by atoms with Gasteiger partial charge in [0, 0.05) is 23.9 Å². The molecule has 2 aromatic rings. The van der Waals surface area contributed by atoms with Crippen LogP contribution in [0.5, 0.6) is 0 Å². The van der Waals surface area contributed by atoms with E-state index in [1.54, 1.807) is 0 Å². The van der Waals surface area contributed by atoms with E-state index in [0.717, 1.165) is 35.8 Å². The quantitative estimate of drug-likeness (QED) is 0.870. The van der Waals surface area contributed by atoms with Gasteiger partial charge in [-0.05, 0) is 19.8 Å². The van der Waals surface area contributed by atoms with Crippen LogP contribution in [0.15, 0.2) is 16.0 Å². The van der Waals surface area contributed by atoms with Gasteiger partial charge in [0.2, 0.25) is 0 Å². The molecule has 1 aliphatic rings. The smallest absolute Gasteiger partial charge is 0.273 e. The van der Waals surface area contributed by atoms with Gasteiger partial charge in [0.1, 0.15) is 17.1 Å². The van der Waals surface area contributed by atoms with Crippen molar-refractivity contribution in [1.82, 2.24) is 15.0 Å². The summed E-state index contributed by atoms with van der Waals surface area (Å²) in [4.78, 5) is 18.8. The monoisotopic (exact) mass is 305 g/mol. The van der Waals surface area contributed by atoms with Gasteiger partial charge in [0.05, 0.1) is 11.0 Å². The summed E-state index contributed by atoms with van der Waals surface area (Å²) in [5, 5.41) is 6.91. The number of amides is 1. The Balaban J connectivity index is 1.83. The molecule has 0 bridgehead atoms. The summed E-state index contributed by atoms with van der Waals surface area (Å²) >= 11 is 1.50. The lowest BCUT2D eigenvalue weighted by molar-refractivity contribution is 0.0725. The predicted molar refractivity (Wildman–Crippen MR) is 80.5 cm³/mol. The lowest BCUT2D eigenvalue weighted by Crippen LogP contribution is -2.31. The number of thiazole rings is 1. The molecule has 3 rings (SSSR count). The molecule has 1 unspecified atom stereocenters. The van der Waals surface area contributed by atoms with Gasteiger partial charge >= 0.3 is 0 Å². The maximum atomic E-state index is 12.6. The Morgan fingerprint density at radius 1 is 1.52 bits per heavy atom. The molecule has 1 fully saturated rings. The maximum absolute atomic E-state index is 12.6. The first kappa shape index (κ1) is 14.3. The highest BCUT2D eigenvalue weighted by Gasteiger charge is 2.33. The molecule has 2 aromatic heterocycles. The third-order valence-electron chi connectivity index (χ3n) is 3.81. The number of nitrogens with zero attached hydrogens (tertiary/aromatic N) is 3. The van der Waals surface area contributed by atoms with Crippen LogP contribution in [-0.4, -0.2) is 27.5 Å². The minimum atomic E-state index is -0.00375. The molecule has 0 spiro atoms. The topological polar surface area (TPSA) is 59.2 Å². The van der Waals surface area contributed by atoms with Crippen LogP contribution in [0, 0.1) is 6.92 Å². The molecular formula is C15H19N3O2S. The molecule has 5 nitrogen and oxygen atoms in total. The summed E-state index contributed by atoms with van der Waals surface area (Å²) in [6.45, 7) is 6.80. The van der Waals surface area contributed by atoms with Crippen LogP contribution >= 0.6 is 11.3 Å². The van der Waals surface area contributed by atoms with Gasteiger partial charge in [0.25, 0.3) is 5.91 Å². The van der Waals surface area contributed by atoms with E-state index in [9.17, 15) is 4.79 Å². The highest BCUT2D eigenvalue weighted by molar-refractivity contribution is 7.09. The fraction of sp³-hybridized carbons (Fsp3) is 0.533. The number of likely N-dealkylation sites (tertiary alicyclic amines) is 1. The highest BCUT2D eigenvalue weighted by atomic mass is 32.1. The molecule has 1 atom stereocenters. The second kappa shape index (κ2) is 5.60. The standard InChI is InChI=1S/C15H19N3O2S/c1-9(2)14-7-11(17-20-14)13-5-4-6-18(13)15(19)12-8-21-10(3)16-12/h7-9,13H,4-6H2,1-3H3. The van der Waals surface area contributed by atoms with E-state index in [1.165, 1.54) is 11.3 Å². The van der Waals surface area contributed by atoms with Crippen molar-refractivity contribution >= 4 is 17.2 Å². The number of aryl methyl sites for hydroxylation is 1. The molecule has 0 aromatic carbocycles. The summed E-state index contributed by atoms with van der Waals surface area (Å²) in [5.41, 5.74) is 1.40. The lowest BCUT2D eigenvalue weighted by Gasteiger charge is -2.21. The zero-order chi connectivity index (χ0) is 15.0. The Bertz CT molecular complexity index is 647. The third kappa shape index (κ3) is 2.72. The van der Waals surface area contributed by atoms with Gasteiger partial charge in [-0.25, -0.2) is 4.98 Å². The molecule has 1 aliphatic heterocycles. The molecule has 1 amide bonds. The Morgan fingerprint density at radius 2 is 2.33 bits per heavy atom. The summed E-state index contributed by atoms with van der Waals surface area (Å²) < 4.78 is 5.37.